The van der Waals surface area contributed by atoms with Gasteiger partial charge in [-0.3, -0.25) is 0 Å². The maximum Gasteiger partial charge on any atom is 0.0194 e. The molecule has 0 aromatic rings. The first-order valence-corrected chi connectivity index (χ1v) is 4.89. The number of rotatable bonds is 3. The van der Waals surface area contributed by atoms with Gasteiger partial charge in [-0.1, -0.05) is 47.3 Å². The van der Waals surface area contributed by atoms with Gasteiger partial charge in [-0.05, 0) is 11.5 Å². The van der Waals surface area contributed by atoms with Crippen molar-refractivity contribution in [1.29, 1.82) is 0 Å². The lowest BCUT2D eigenvalue weighted by Gasteiger charge is -2.27. The molecule has 76 valence electrons. The van der Waals surface area contributed by atoms with Crippen molar-refractivity contribution >= 4 is 0 Å². The number of allylic oxidation sites excluding steroid dienone is 3. The van der Waals surface area contributed by atoms with E-state index in [1.807, 2.05) is 13.1 Å². The highest BCUT2D eigenvalue weighted by Crippen LogP contribution is 2.28. The van der Waals surface area contributed by atoms with Crippen molar-refractivity contribution in [3.05, 3.63) is 23.9 Å². The van der Waals surface area contributed by atoms with Crippen LogP contribution < -0.4 is 5.32 Å². The van der Waals surface area contributed by atoms with Gasteiger partial charge in [-0.15, -0.1) is 0 Å². The smallest absolute Gasteiger partial charge is 0.0194 e. The maximum atomic E-state index is 3.87. The minimum Gasteiger partial charge on any atom is -0.391 e. The Morgan fingerprint density at radius 3 is 1.85 bits per heavy atom. The van der Waals surface area contributed by atoms with Crippen molar-refractivity contribution in [3.63, 3.8) is 0 Å². The van der Waals surface area contributed by atoms with Crippen LogP contribution in [0.1, 0.15) is 34.6 Å². The molecule has 0 aromatic heterocycles. The largest absolute Gasteiger partial charge is 0.391 e. The normalized spacial score (nSPS) is 14.1. The molecule has 0 aliphatic carbocycles. The first-order chi connectivity index (χ1) is 5.84. The van der Waals surface area contributed by atoms with E-state index in [4.69, 9.17) is 0 Å². The van der Waals surface area contributed by atoms with E-state index in [1.165, 1.54) is 11.3 Å². The Morgan fingerprint density at radius 1 is 1.31 bits per heavy atom. The summed E-state index contributed by atoms with van der Waals surface area (Å²) in [5.41, 5.74) is 2.77. The topological polar surface area (TPSA) is 12.0 Å². The van der Waals surface area contributed by atoms with Gasteiger partial charge in [0, 0.05) is 18.2 Å². The quantitative estimate of drug-likeness (QED) is 0.658. The van der Waals surface area contributed by atoms with E-state index in [0.29, 0.717) is 5.92 Å². The third-order valence-corrected chi connectivity index (χ3v) is 2.13. The molecule has 0 atom stereocenters. The summed E-state index contributed by atoms with van der Waals surface area (Å²) in [4.78, 5) is 0. The number of hydrogen-bond acceptors (Lipinski definition) is 1. The van der Waals surface area contributed by atoms with E-state index < -0.39 is 0 Å². The number of nitrogens with one attached hydrogen (secondary N) is 1. The van der Waals surface area contributed by atoms with E-state index in [-0.39, 0.29) is 5.41 Å². The average molecular weight is 181 g/mol. The Bertz CT molecular complexity index is 204. The third-order valence-electron chi connectivity index (χ3n) is 2.13. The molecule has 0 spiro atoms. The SMILES string of the molecule is C=C/C(=C(\NC)C(C)(C)C)C(C)C. The van der Waals surface area contributed by atoms with Crippen molar-refractivity contribution in [3.8, 4) is 0 Å². The molecule has 0 radical (unpaired) electrons. The summed E-state index contributed by atoms with van der Waals surface area (Å²) in [6.45, 7) is 14.9. The van der Waals surface area contributed by atoms with Gasteiger partial charge in [0.1, 0.15) is 0 Å². The summed E-state index contributed by atoms with van der Waals surface area (Å²) in [7, 11) is 1.98. The van der Waals surface area contributed by atoms with Crippen LogP contribution in [0.5, 0.6) is 0 Å². The monoisotopic (exact) mass is 181 g/mol. The van der Waals surface area contributed by atoms with Crippen LogP contribution >= 0.6 is 0 Å². The Kier molecular flexibility index (Phi) is 4.25. The highest BCUT2D eigenvalue weighted by atomic mass is 14.9. The predicted octanol–water partition coefficient (Wildman–Crippen LogP) is 3.35. The zero-order chi connectivity index (χ0) is 10.6. The van der Waals surface area contributed by atoms with Gasteiger partial charge in [0.05, 0.1) is 0 Å². The first-order valence-electron chi connectivity index (χ1n) is 4.89. The molecule has 0 amide bonds. The number of hydrogen-bond donors (Lipinski definition) is 1. The van der Waals surface area contributed by atoms with Crippen LogP contribution in [0.15, 0.2) is 23.9 Å². The molecule has 0 fully saturated rings. The molecule has 0 unspecified atom stereocenters. The predicted molar refractivity (Wildman–Crippen MR) is 60.6 cm³/mol. The van der Waals surface area contributed by atoms with Crippen LogP contribution in [0.2, 0.25) is 0 Å². The summed E-state index contributed by atoms with van der Waals surface area (Å²) >= 11 is 0. The van der Waals surface area contributed by atoms with Crippen LogP contribution in [0.25, 0.3) is 0 Å². The summed E-state index contributed by atoms with van der Waals surface area (Å²) in [5, 5.41) is 3.28. The van der Waals surface area contributed by atoms with E-state index >= 15 is 0 Å². The first kappa shape index (κ1) is 12.3. The summed E-state index contributed by atoms with van der Waals surface area (Å²) in [5.74, 6) is 0.527. The lowest BCUT2D eigenvalue weighted by atomic mass is 9.85. The van der Waals surface area contributed by atoms with Gasteiger partial charge in [0.2, 0.25) is 0 Å². The second kappa shape index (κ2) is 4.50. The molecular formula is C12H23N. The van der Waals surface area contributed by atoms with Gasteiger partial charge in [-0.2, -0.15) is 0 Å². The maximum absolute atomic E-state index is 3.87. The average Bonchev–Trinajstić information content (AvgIpc) is 1.96. The molecule has 0 saturated carbocycles. The second-order valence-corrected chi connectivity index (χ2v) is 4.69. The van der Waals surface area contributed by atoms with Gasteiger partial charge >= 0.3 is 0 Å². The van der Waals surface area contributed by atoms with E-state index in [1.54, 1.807) is 0 Å². The van der Waals surface area contributed by atoms with Crippen molar-refractivity contribution < 1.29 is 0 Å². The van der Waals surface area contributed by atoms with Crippen molar-refractivity contribution in [1.82, 2.24) is 5.32 Å². The fraction of sp³-hybridized carbons (Fsp3) is 0.667. The molecule has 0 rings (SSSR count). The summed E-state index contributed by atoms with van der Waals surface area (Å²) in [6, 6.07) is 0. The van der Waals surface area contributed by atoms with Crippen LogP contribution in [0, 0.1) is 11.3 Å². The molecular weight excluding hydrogens is 158 g/mol. The van der Waals surface area contributed by atoms with Crippen LogP contribution in [0.3, 0.4) is 0 Å². The van der Waals surface area contributed by atoms with E-state index in [2.05, 4.69) is 46.5 Å². The Hall–Kier alpha value is -0.720. The molecule has 1 heteroatoms. The molecule has 0 bridgehead atoms. The van der Waals surface area contributed by atoms with Crippen LogP contribution in [0.4, 0.5) is 0 Å². The van der Waals surface area contributed by atoms with Crippen molar-refractivity contribution in [2.45, 2.75) is 34.6 Å². The summed E-state index contributed by atoms with van der Waals surface area (Å²) < 4.78 is 0. The highest BCUT2D eigenvalue weighted by Gasteiger charge is 2.19. The van der Waals surface area contributed by atoms with Crippen LogP contribution in [-0.2, 0) is 0 Å². The minimum atomic E-state index is 0.169. The van der Waals surface area contributed by atoms with Gasteiger partial charge in [0.15, 0.2) is 0 Å². The molecule has 0 saturated heterocycles. The lowest BCUT2D eigenvalue weighted by molar-refractivity contribution is 0.461. The van der Waals surface area contributed by atoms with Gasteiger partial charge in [0.25, 0.3) is 0 Å². The Morgan fingerprint density at radius 2 is 1.77 bits per heavy atom. The molecule has 13 heavy (non-hydrogen) atoms. The minimum absolute atomic E-state index is 0.169. The van der Waals surface area contributed by atoms with Gasteiger partial charge in [-0.25, -0.2) is 0 Å². The zero-order valence-corrected chi connectivity index (χ0v) is 9.86. The molecule has 0 aliphatic heterocycles. The molecule has 1 nitrogen and oxygen atoms in total. The Balaban J connectivity index is 5.19. The third kappa shape index (κ3) is 3.25. The fourth-order valence-electron chi connectivity index (χ4n) is 1.58. The standard InChI is InChI=1S/C12H23N/c1-8-10(9(2)3)11(13-7)12(4,5)6/h8-9,13H,1H2,2-7H3/b11-10+. The van der Waals surface area contributed by atoms with Crippen molar-refractivity contribution in [2.24, 2.45) is 11.3 Å². The lowest BCUT2D eigenvalue weighted by Crippen LogP contribution is -2.24. The summed E-state index contributed by atoms with van der Waals surface area (Å²) in [6.07, 6.45) is 1.96. The Labute approximate surface area is 82.9 Å². The molecule has 1 N–H and O–H groups in total. The van der Waals surface area contributed by atoms with E-state index in [0.717, 1.165) is 0 Å². The highest BCUT2D eigenvalue weighted by molar-refractivity contribution is 5.28. The molecule has 0 aromatic carbocycles. The van der Waals surface area contributed by atoms with E-state index in [9.17, 15) is 0 Å². The molecule has 0 aliphatic rings. The van der Waals surface area contributed by atoms with Gasteiger partial charge < -0.3 is 5.32 Å². The zero-order valence-electron chi connectivity index (χ0n) is 9.86. The van der Waals surface area contributed by atoms with Crippen molar-refractivity contribution in [2.75, 3.05) is 7.05 Å². The van der Waals surface area contributed by atoms with Crippen LogP contribution in [-0.4, -0.2) is 7.05 Å². The second-order valence-electron chi connectivity index (χ2n) is 4.69. The molecule has 0 heterocycles. The fourth-order valence-corrected chi connectivity index (χ4v) is 1.58.